The van der Waals surface area contributed by atoms with Crippen LogP contribution in [0.3, 0.4) is 0 Å². The molecule has 2 aromatic carbocycles. The highest BCUT2D eigenvalue weighted by Gasteiger charge is 2.73. The van der Waals surface area contributed by atoms with Crippen LogP contribution in [0, 0.1) is 6.92 Å². The van der Waals surface area contributed by atoms with Gasteiger partial charge < -0.3 is 14.8 Å². The number of hydrogen-bond acceptors (Lipinski definition) is 5. The zero-order chi connectivity index (χ0) is 22.3. The molecule has 6 nitrogen and oxygen atoms in total. The van der Waals surface area contributed by atoms with Crippen molar-refractivity contribution in [3.63, 3.8) is 0 Å². The Morgan fingerprint density at radius 3 is 2.33 bits per heavy atom. The number of ether oxygens (including phenoxy) is 1. The number of nitrogens with one attached hydrogen (secondary N) is 1. The van der Waals surface area contributed by atoms with Gasteiger partial charge in [0.15, 0.2) is 9.84 Å². The standard InChI is InChI=1S/C22H24ClNO5S/c1-14-8-10-17(11-9-14)30(27,28)19-18(15-6-5-7-16(23)12-15)22(19,13-25)24-20(26)29-21(2,3)4/h5-13,18-19H,1-4H3,(H,24,26)/t18-,19-,22+/m0/s1. The van der Waals surface area contributed by atoms with Gasteiger partial charge in [-0.2, -0.15) is 0 Å². The molecule has 0 aliphatic heterocycles. The van der Waals surface area contributed by atoms with Gasteiger partial charge in [-0.15, -0.1) is 0 Å². The lowest BCUT2D eigenvalue weighted by atomic mass is 10.1. The maximum absolute atomic E-state index is 13.4. The van der Waals surface area contributed by atoms with E-state index in [0.717, 1.165) is 5.56 Å². The van der Waals surface area contributed by atoms with Crippen molar-refractivity contribution in [2.75, 3.05) is 0 Å². The molecule has 3 atom stereocenters. The van der Waals surface area contributed by atoms with E-state index in [1.54, 1.807) is 57.2 Å². The molecular formula is C22H24ClNO5S. The van der Waals surface area contributed by atoms with Crippen LogP contribution < -0.4 is 5.32 Å². The van der Waals surface area contributed by atoms with E-state index in [4.69, 9.17) is 16.3 Å². The minimum absolute atomic E-state index is 0.0832. The number of carbonyl (C=O) groups is 2. The zero-order valence-corrected chi connectivity index (χ0v) is 18.8. The first-order valence-electron chi connectivity index (χ1n) is 9.44. The highest BCUT2D eigenvalue weighted by molar-refractivity contribution is 7.92. The third kappa shape index (κ3) is 4.23. The van der Waals surface area contributed by atoms with Gasteiger partial charge in [0.25, 0.3) is 0 Å². The molecule has 0 bridgehead atoms. The molecule has 1 fully saturated rings. The second-order valence-electron chi connectivity index (χ2n) is 8.49. The number of hydrogen-bond donors (Lipinski definition) is 1. The first-order valence-corrected chi connectivity index (χ1v) is 11.4. The molecule has 0 saturated heterocycles. The first kappa shape index (κ1) is 22.3. The molecule has 0 aromatic heterocycles. The second kappa shape index (κ2) is 7.71. The second-order valence-corrected chi connectivity index (χ2v) is 11.0. The normalized spacial score (nSPS) is 23.5. The van der Waals surface area contributed by atoms with Crippen molar-refractivity contribution in [2.24, 2.45) is 0 Å². The van der Waals surface area contributed by atoms with Gasteiger partial charge in [0.1, 0.15) is 22.7 Å². The SMILES string of the molecule is Cc1ccc(S(=O)(=O)[C@H]2[C@H](c3cccc(Cl)c3)[C@@]2(C=O)NC(=O)OC(C)(C)C)cc1. The summed E-state index contributed by atoms with van der Waals surface area (Å²) in [6, 6.07) is 13.0. The summed E-state index contributed by atoms with van der Waals surface area (Å²) in [7, 11) is -3.95. The number of alkyl carbamates (subject to hydrolysis) is 1. The third-order valence-corrected chi connectivity index (χ3v) is 7.48. The Kier molecular flexibility index (Phi) is 5.73. The topological polar surface area (TPSA) is 89.5 Å². The maximum atomic E-state index is 13.4. The quantitative estimate of drug-likeness (QED) is 0.695. The highest BCUT2D eigenvalue weighted by Crippen LogP contribution is 2.56. The number of carbonyl (C=O) groups excluding carboxylic acids is 2. The number of aryl methyl sites for hydroxylation is 1. The molecule has 1 N–H and O–H groups in total. The lowest BCUT2D eigenvalue weighted by molar-refractivity contribution is -0.110. The predicted octanol–water partition coefficient (Wildman–Crippen LogP) is 4.05. The van der Waals surface area contributed by atoms with Crippen LogP contribution in [-0.2, 0) is 19.4 Å². The van der Waals surface area contributed by atoms with Gasteiger partial charge >= 0.3 is 6.09 Å². The van der Waals surface area contributed by atoms with Crippen LogP contribution >= 0.6 is 11.6 Å². The molecule has 1 aliphatic rings. The van der Waals surface area contributed by atoms with Gasteiger partial charge in [-0.3, -0.25) is 0 Å². The summed E-state index contributed by atoms with van der Waals surface area (Å²) in [5, 5.41) is 1.75. The minimum Gasteiger partial charge on any atom is -0.444 e. The Balaban J connectivity index is 2.06. The van der Waals surface area contributed by atoms with E-state index < -0.39 is 38.2 Å². The van der Waals surface area contributed by atoms with Gasteiger partial charge in [0, 0.05) is 10.9 Å². The Bertz CT molecular complexity index is 1080. The number of sulfone groups is 1. The molecule has 1 aliphatic carbocycles. The summed E-state index contributed by atoms with van der Waals surface area (Å²) in [6.07, 6.45) is -0.373. The van der Waals surface area contributed by atoms with Gasteiger partial charge in [-0.1, -0.05) is 41.4 Å². The Morgan fingerprint density at radius 2 is 1.80 bits per heavy atom. The van der Waals surface area contributed by atoms with Crippen molar-refractivity contribution < 1.29 is 22.7 Å². The molecule has 3 rings (SSSR count). The number of benzene rings is 2. The molecule has 0 unspecified atom stereocenters. The minimum atomic E-state index is -3.95. The van der Waals surface area contributed by atoms with E-state index in [1.165, 1.54) is 12.1 Å². The van der Waals surface area contributed by atoms with E-state index in [0.29, 0.717) is 16.9 Å². The van der Waals surface area contributed by atoms with E-state index in [-0.39, 0.29) is 4.90 Å². The Morgan fingerprint density at radius 1 is 1.17 bits per heavy atom. The number of rotatable bonds is 5. The summed E-state index contributed by atoms with van der Waals surface area (Å²) < 4.78 is 32.1. The van der Waals surface area contributed by atoms with Crippen LogP contribution in [-0.4, -0.2) is 37.2 Å². The van der Waals surface area contributed by atoms with E-state index in [2.05, 4.69) is 5.32 Å². The third-order valence-electron chi connectivity index (χ3n) is 4.98. The van der Waals surface area contributed by atoms with Crippen LogP contribution in [0.2, 0.25) is 5.02 Å². The molecule has 0 radical (unpaired) electrons. The van der Waals surface area contributed by atoms with Crippen molar-refractivity contribution >= 4 is 33.8 Å². The number of halogens is 1. The molecule has 30 heavy (non-hydrogen) atoms. The lowest BCUT2D eigenvalue weighted by Gasteiger charge is -2.22. The Labute approximate surface area is 181 Å². The summed E-state index contributed by atoms with van der Waals surface area (Å²) in [6.45, 7) is 6.90. The molecule has 0 spiro atoms. The van der Waals surface area contributed by atoms with Gasteiger partial charge in [-0.05, 0) is 57.5 Å². The van der Waals surface area contributed by atoms with Crippen LogP contribution in [0.4, 0.5) is 4.79 Å². The van der Waals surface area contributed by atoms with Crippen LogP contribution in [0.25, 0.3) is 0 Å². The van der Waals surface area contributed by atoms with Gasteiger partial charge in [0.05, 0.1) is 4.90 Å². The summed E-state index contributed by atoms with van der Waals surface area (Å²) in [5.74, 6) is -0.799. The predicted molar refractivity (Wildman–Crippen MR) is 115 cm³/mol. The molecule has 8 heteroatoms. The monoisotopic (exact) mass is 449 g/mol. The van der Waals surface area contributed by atoms with Crippen molar-refractivity contribution in [3.05, 3.63) is 64.7 Å². The average molecular weight is 450 g/mol. The van der Waals surface area contributed by atoms with Crippen LogP contribution in [0.1, 0.15) is 37.8 Å². The maximum Gasteiger partial charge on any atom is 0.408 e. The van der Waals surface area contributed by atoms with E-state index in [9.17, 15) is 18.0 Å². The smallest absolute Gasteiger partial charge is 0.408 e. The fraction of sp³-hybridized carbons (Fsp3) is 0.364. The fourth-order valence-electron chi connectivity index (χ4n) is 3.63. The van der Waals surface area contributed by atoms with Crippen molar-refractivity contribution in [1.29, 1.82) is 0 Å². The molecule has 1 amide bonds. The average Bonchev–Trinajstić information content (AvgIpc) is 3.30. The van der Waals surface area contributed by atoms with Crippen LogP contribution in [0.5, 0.6) is 0 Å². The number of aldehydes is 1. The molecule has 1 saturated carbocycles. The summed E-state index contributed by atoms with van der Waals surface area (Å²) in [4.78, 5) is 24.8. The number of amides is 1. The van der Waals surface area contributed by atoms with E-state index in [1.807, 2.05) is 6.92 Å². The molecule has 2 aromatic rings. The van der Waals surface area contributed by atoms with E-state index >= 15 is 0 Å². The lowest BCUT2D eigenvalue weighted by Crippen LogP contribution is -2.45. The first-order chi connectivity index (χ1) is 13.9. The van der Waals surface area contributed by atoms with Crippen molar-refractivity contribution in [2.45, 2.75) is 54.9 Å². The summed E-state index contributed by atoms with van der Waals surface area (Å²) >= 11 is 6.09. The Hall–Kier alpha value is -2.38. The highest BCUT2D eigenvalue weighted by atomic mass is 35.5. The van der Waals surface area contributed by atoms with Gasteiger partial charge in [0.2, 0.25) is 0 Å². The summed E-state index contributed by atoms with van der Waals surface area (Å²) in [5.41, 5.74) is -1.01. The largest absolute Gasteiger partial charge is 0.444 e. The molecular weight excluding hydrogens is 426 g/mol. The van der Waals surface area contributed by atoms with Gasteiger partial charge in [-0.25, -0.2) is 13.2 Å². The van der Waals surface area contributed by atoms with Crippen molar-refractivity contribution in [1.82, 2.24) is 5.32 Å². The molecule has 0 heterocycles. The van der Waals surface area contributed by atoms with Crippen molar-refractivity contribution in [3.8, 4) is 0 Å². The zero-order valence-electron chi connectivity index (χ0n) is 17.2. The van der Waals surface area contributed by atoms with Crippen LogP contribution in [0.15, 0.2) is 53.4 Å². The fourth-order valence-corrected chi connectivity index (χ4v) is 6.08. The molecule has 160 valence electrons.